The lowest BCUT2D eigenvalue weighted by Gasteiger charge is -2.36. The van der Waals surface area contributed by atoms with Gasteiger partial charge < -0.3 is 9.64 Å². The number of hydrogen-bond acceptors (Lipinski definition) is 6. The van der Waals surface area contributed by atoms with Crippen molar-refractivity contribution in [3.05, 3.63) is 35.9 Å². The SMILES string of the molecule is CN1[C@@H]2CC[C@H]1CC(OC(=O)[C@H](COS(=O)(=O)O)c1ccccc1)C2. The van der Waals surface area contributed by atoms with E-state index in [2.05, 4.69) is 16.1 Å². The molecule has 2 aliphatic heterocycles. The van der Waals surface area contributed by atoms with Crippen LogP contribution in [0.4, 0.5) is 0 Å². The summed E-state index contributed by atoms with van der Waals surface area (Å²) < 4.78 is 40.7. The second-order valence-electron chi connectivity index (χ2n) is 6.76. The smallest absolute Gasteiger partial charge is 0.397 e. The molecule has 0 aliphatic carbocycles. The first-order valence-electron chi connectivity index (χ1n) is 8.42. The van der Waals surface area contributed by atoms with E-state index in [0.717, 1.165) is 25.7 Å². The van der Waals surface area contributed by atoms with Crippen LogP contribution >= 0.6 is 0 Å². The van der Waals surface area contributed by atoms with E-state index in [4.69, 9.17) is 9.29 Å². The molecule has 1 aromatic rings. The van der Waals surface area contributed by atoms with Gasteiger partial charge in [0.05, 0.1) is 6.61 Å². The molecule has 7 nitrogen and oxygen atoms in total. The summed E-state index contributed by atoms with van der Waals surface area (Å²) >= 11 is 0. The highest BCUT2D eigenvalue weighted by atomic mass is 32.3. The molecule has 3 rings (SSSR count). The van der Waals surface area contributed by atoms with Gasteiger partial charge in [-0.25, -0.2) is 4.18 Å². The number of benzene rings is 1. The van der Waals surface area contributed by atoms with Crippen molar-refractivity contribution < 1.29 is 26.7 Å². The third-order valence-electron chi connectivity index (χ3n) is 5.21. The van der Waals surface area contributed by atoms with Crippen molar-refractivity contribution in [2.75, 3.05) is 13.7 Å². The first-order valence-corrected chi connectivity index (χ1v) is 9.79. The Hall–Kier alpha value is -1.48. The number of fused-ring (bicyclic) bond motifs is 2. The van der Waals surface area contributed by atoms with Crippen LogP contribution in [0.5, 0.6) is 0 Å². The highest BCUT2D eigenvalue weighted by molar-refractivity contribution is 7.80. The van der Waals surface area contributed by atoms with E-state index in [9.17, 15) is 13.2 Å². The van der Waals surface area contributed by atoms with Crippen LogP contribution in [-0.4, -0.2) is 55.7 Å². The molecular formula is C17H23NO6S. The van der Waals surface area contributed by atoms with E-state index in [0.29, 0.717) is 17.6 Å². The number of carbonyl (C=O) groups excluding carboxylic acids is 1. The fraction of sp³-hybridized carbons (Fsp3) is 0.588. The summed E-state index contributed by atoms with van der Waals surface area (Å²) in [5, 5.41) is 0. The Balaban J connectivity index is 1.69. The van der Waals surface area contributed by atoms with E-state index in [1.807, 2.05) is 0 Å². The zero-order valence-electron chi connectivity index (χ0n) is 14.1. The summed E-state index contributed by atoms with van der Waals surface area (Å²) in [6.07, 6.45) is 3.64. The van der Waals surface area contributed by atoms with Crippen molar-refractivity contribution in [2.24, 2.45) is 0 Å². The number of piperidine rings is 1. The fourth-order valence-corrected chi connectivity index (χ4v) is 4.15. The Kier molecular flexibility index (Phi) is 5.43. The molecule has 0 aromatic heterocycles. The largest absolute Gasteiger partial charge is 0.462 e. The Morgan fingerprint density at radius 2 is 1.84 bits per heavy atom. The van der Waals surface area contributed by atoms with Gasteiger partial charge >= 0.3 is 16.4 Å². The van der Waals surface area contributed by atoms with Crippen molar-refractivity contribution in [1.82, 2.24) is 4.90 Å². The van der Waals surface area contributed by atoms with Crippen LogP contribution in [0.2, 0.25) is 0 Å². The minimum atomic E-state index is -4.62. The first-order chi connectivity index (χ1) is 11.8. The molecule has 2 saturated heterocycles. The molecule has 0 saturated carbocycles. The molecule has 2 bridgehead atoms. The van der Waals surface area contributed by atoms with Gasteiger partial charge in [-0.1, -0.05) is 30.3 Å². The third kappa shape index (κ3) is 4.58. The van der Waals surface area contributed by atoms with Gasteiger partial charge in [-0.05, 0) is 38.3 Å². The van der Waals surface area contributed by atoms with Crippen LogP contribution in [0, 0.1) is 0 Å². The van der Waals surface area contributed by atoms with Gasteiger partial charge in [0.25, 0.3) is 0 Å². The second kappa shape index (κ2) is 7.41. The Labute approximate surface area is 147 Å². The molecule has 1 aromatic carbocycles. The standard InChI is InChI=1S/C17H23NO6S/c1-18-13-7-8-14(18)10-15(9-13)24-17(19)16(11-23-25(20,21)22)12-5-3-2-4-6-12/h2-6,13-16H,7-11H2,1H3,(H,20,21,22)/t13-,14+,15?,16-/m1/s1. The predicted octanol–water partition coefficient (Wildman–Crippen LogP) is 1.76. The molecule has 2 fully saturated rings. The highest BCUT2D eigenvalue weighted by Crippen LogP contribution is 2.36. The van der Waals surface area contributed by atoms with Gasteiger partial charge in [0.15, 0.2) is 0 Å². The number of hydrogen-bond donors (Lipinski definition) is 1. The maximum Gasteiger partial charge on any atom is 0.397 e. The van der Waals surface area contributed by atoms with Crippen LogP contribution < -0.4 is 0 Å². The molecule has 138 valence electrons. The molecule has 2 aliphatic rings. The molecule has 2 heterocycles. The van der Waals surface area contributed by atoms with Crippen LogP contribution in [0.15, 0.2) is 30.3 Å². The van der Waals surface area contributed by atoms with Gasteiger partial charge in [-0.2, -0.15) is 8.42 Å². The molecule has 4 atom stereocenters. The maximum absolute atomic E-state index is 12.7. The van der Waals surface area contributed by atoms with Crippen LogP contribution in [0.3, 0.4) is 0 Å². The van der Waals surface area contributed by atoms with Gasteiger partial charge in [0.1, 0.15) is 12.0 Å². The first kappa shape index (κ1) is 18.3. The Morgan fingerprint density at radius 3 is 2.40 bits per heavy atom. The number of rotatable bonds is 6. The summed E-state index contributed by atoms with van der Waals surface area (Å²) in [7, 11) is -2.52. The van der Waals surface area contributed by atoms with Gasteiger partial charge in [-0.3, -0.25) is 9.35 Å². The van der Waals surface area contributed by atoms with Gasteiger partial charge in [-0.15, -0.1) is 0 Å². The van der Waals surface area contributed by atoms with Crippen LogP contribution in [0.25, 0.3) is 0 Å². The minimum absolute atomic E-state index is 0.168. The van der Waals surface area contributed by atoms with Crippen molar-refractivity contribution in [3.63, 3.8) is 0 Å². The molecule has 0 amide bonds. The van der Waals surface area contributed by atoms with Crippen molar-refractivity contribution >= 4 is 16.4 Å². The predicted molar refractivity (Wildman–Crippen MR) is 90.4 cm³/mol. The zero-order chi connectivity index (χ0) is 18.0. The van der Waals surface area contributed by atoms with Crippen molar-refractivity contribution in [3.8, 4) is 0 Å². The number of esters is 1. The number of nitrogens with zero attached hydrogens (tertiary/aromatic N) is 1. The van der Waals surface area contributed by atoms with E-state index in [1.165, 1.54) is 0 Å². The summed E-state index contributed by atoms with van der Waals surface area (Å²) in [5.74, 6) is -1.43. The quantitative estimate of drug-likeness (QED) is 0.603. The second-order valence-corrected chi connectivity index (χ2v) is 7.85. The fourth-order valence-electron chi connectivity index (χ4n) is 3.84. The van der Waals surface area contributed by atoms with Crippen LogP contribution in [0.1, 0.15) is 37.2 Å². The highest BCUT2D eigenvalue weighted by Gasteiger charge is 2.40. The Morgan fingerprint density at radius 1 is 1.24 bits per heavy atom. The average molecular weight is 369 g/mol. The summed E-state index contributed by atoms with van der Waals surface area (Å²) in [6.45, 7) is -0.485. The summed E-state index contributed by atoms with van der Waals surface area (Å²) in [6, 6.07) is 9.57. The molecule has 0 spiro atoms. The lowest BCUT2D eigenvalue weighted by Crippen LogP contribution is -2.44. The van der Waals surface area contributed by atoms with E-state index in [-0.39, 0.29) is 6.10 Å². The van der Waals surface area contributed by atoms with E-state index in [1.54, 1.807) is 30.3 Å². The number of ether oxygens (including phenoxy) is 1. The van der Waals surface area contributed by atoms with Crippen LogP contribution in [-0.2, 0) is 24.1 Å². The lowest BCUT2D eigenvalue weighted by molar-refractivity contribution is -0.155. The molecular weight excluding hydrogens is 346 g/mol. The third-order valence-corrected chi connectivity index (χ3v) is 5.64. The topological polar surface area (TPSA) is 93.1 Å². The molecule has 25 heavy (non-hydrogen) atoms. The maximum atomic E-state index is 12.7. The van der Waals surface area contributed by atoms with Gasteiger partial charge in [0.2, 0.25) is 0 Å². The summed E-state index contributed by atoms with van der Waals surface area (Å²) in [4.78, 5) is 15.0. The Bertz CT molecular complexity index is 693. The molecule has 8 heteroatoms. The van der Waals surface area contributed by atoms with Crippen molar-refractivity contribution in [1.29, 1.82) is 0 Å². The van der Waals surface area contributed by atoms with Crippen molar-refractivity contribution in [2.45, 2.75) is 49.8 Å². The van der Waals surface area contributed by atoms with E-state index >= 15 is 0 Å². The molecule has 1 unspecified atom stereocenters. The van der Waals surface area contributed by atoms with Gasteiger partial charge in [0, 0.05) is 12.1 Å². The molecule has 1 N–H and O–H groups in total. The summed E-state index contributed by atoms with van der Waals surface area (Å²) in [5.41, 5.74) is 0.590. The minimum Gasteiger partial charge on any atom is -0.462 e. The zero-order valence-corrected chi connectivity index (χ0v) is 14.9. The average Bonchev–Trinajstić information content (AvgIpc) is 2.77. The normalized spacial score (nSPS) is 27.8. The monoisotopic (exact) mass is 369 g/mol. The molecule has 0 radical (unpaired) electrons. The lowest BCUT2D eigenvalue weighted by atomic mass is 9.98. The van der Waals surface area contributed by atoms with E-state index < -0.39 is 28.9 Å². The number of carbonyl (C=O) groups is 1.